The van der Waals surface area contributed by atoms with Crippen LogP contribution in [0.5, 0.6) is 5.75 Å². The van der Waals surface area contributed by atoms with Crippen molar-refractivity contribution in [2.75, 3.05) is 13.7 Å². The highest BCUT2D eigenvalue weighted by atomic mass is 16.5. The van der Waals surface area contributed by atoms with Crippen LogP contribution in [0.4, 0.5) is 4.79 Å². The molecule has 5 heteroatoms. The van der Waals surface area contributed by atoms with Gasteiger partial charge in [0.1, 0.15) is 5.75 Å². The van der Waals surface area contributed by atoms with E-state index in [0.29, 0.717) is 19.5 Å². The summed E-state index contributed by atoms with van der Waals surface area (Å²) in [5.41, 5.74) is 0.908. The van der Waals surface area contributed by atoms with Crippen LogP contribution < -0.4 is 15.4 Å². The van der Waals surface area contributed by atoms with Gasteiger partial charge in [0.2, 0.25) is 0 Å². The van der Waals surface area contributed by atoms with Gasteiger partial charge >= 0.3 is 6.03 Å². The topological polar surface area (TPSA) is 74.2 Å². The zero-order chi connectivity index (χ0) is 12.5. The molecule has 0 bridgehead atoms. The molecule has 0 saturated heterocycles. The Labute approximate surface area is 100 Å². The molecule has 0 aliphatic carbocycles. The van der Waals surface area contributed by atoms with E-state index in [1.807, 2.05) is 30.3 Å². The maximum absolute atomic E-state index is 11.3. The van der Waals surface area contributed by atoms with Gasteiger partial charge in [0.15, 0.2) is 0 Å². The minimum absolute atomic E-state index is 0.286. The number of ether oxygens (including phenoxy) is 1. The molecule has 0 atom stereocenters. The molecular formula is C12H15N3O2. The molecule has 0 saturated carbocycles. The van der Waals surface area contributed by atoms with Crippen LogP contribution in [-0.4, -0.2) is 19.7 Å². The normalized spacial score (nSPS) is 9.18. The lowest BCUT2D eigenvalue weighted by Gasteiger charge is -2.09. The summed E-state index contributed by atoms with van der Waals surface area (Å²) in [6.07, 6.45) is 0.308. The van der Waals surface area contributed by atoms with Gasteiger partial charge < -0.3 is 15.4 Å². The third kappa shape index (κ3) is 4.43. The van der Waals surface area contributed by atoms with Crippen LogP contribution in [0, 0.1) is 11.3 Å². The maximum atomic E-state index is 11.3. The van der Waals surface area contributed by atoms with Crippen LogP contribution in [0.25, 0.3) is 0 Å². The fourth-order valence-electron chi connectivity index (χ4n) is 1.32. The lowest BCUT2D eigenvalue weighted by molar-refractivity contribution is 0.240. The zero-order valence-corrected chi connectivity index (χ0v) is 9.69. The van der Waals surface area contributed by atoms with E-state index in [0.717, 1.165) is 11.3 Å². The summed E-state index contributed by atoms with van der Waals surface area (Å²) in [5, 5.41) is 13.6. The summed E-state index contributed by atoms with van der Waals surface area (Å²) in [5.74, 6) is 0.741. The highest BCUT2D eigenvalue weighted by Crippen LogP contribution is 2.16. The Bertz CT molecular complexity index is 412. The molecule has 0 radical (unpaired) electrons. The molecule has 0 heterocycles. The van der Waals surface area contributed by atoms with Crippen molar-refractivity contribution >= 4 is 6.03 Å². The molecule has 2 amide bonds. The predicted octanol–water partition coefficient (Wildman–Crippen LogP) is 1.41. The number of nitrogens with one attached hydrogen (secondary N) is 2. The molecule has 0 spiro atoms. The van der Waals surface area contributed by atoms with E-state index in [1.165, 1.54) is 0 Å². The van der Waals surface area contributed by atoms with Crippen LogP contribution in [0.1, 0.15) is 12.0 Å². The summed E-state index contributed by atoms with van der Waals surface area (Å²) < 4.78 is 5.16. The van der Waals surface area contributed by atoms with Crippen molar-refractivity contribution in [2.24, 2.45) is 0 Å². The van der Waals surface area contributed by atoms with Crippen molar-refractivity contribution in [1.82, 2.24) is 10.6 Å². The zero-order valence-electron chi connectivity index (χ0n) is 9.69. The van der Waals surface area contributed by atoms with E-state index in [1.54, 1.807) is 7.11 Å². The van der Waals surface area contributed by atoms with E-state index in [9.17, 15) is 4.79 Å². The van der Waals surface area contributed by atoms with Crippen molar-refractivity contribution < 1.29 is 9.53 Å². The Balaban J connectivity index is 2.39. The Morgan fingerprint density at radius 2 is 2.18 bits per heavy atom. The number of amides is 2. The van der Waals surface area contributed by atoms with Gasteiger partial charge in [-0.15, -0.1) is 0 Å². The van der Waals surface area contributed by atoms with Gasteiger partial charge in [-0.05, 0) is 6.07 Å². The van der Waals surface area contributed by atoms with Crippen molar-refractivity contribution in [3.05, 3.63) is 29.8 Å². The molecule has 1 aromatic carbocycles. The number of carbonyl (C=O) groups is 1. The van der Waals surface area contributed by atoms with E-state index in [2.05, 4.69) is 10.6 Å². The Morgan fingerprint density at radius 1 is 1.41 bits per heavy atom. The predicted molar refractivity (Wildman–Crippen MR) is 63.5 cm³/mol. The van der Waals surface area contributed by atoms with Gasteiger partial charge in [0.05, 0.1) is 19.6 Å². The van der Waals surface area contributed by atoms with Crippen molar-refractivity contribution in [1.29, 1.82) is 5.26 Å². The number of hydrogen-bond acceptors (Lipinski definition) is 3. The minimum Gasteiger partial charge on any atom is -0.496 e. The number of nitrogens with zero attached hydrogens (tertiary/aromatic N) is 1. The number of urea groups is 1. The second-order valence-electron chi connectivity index (χ2n) is 3.33. The van der Waals surface area contributed by atoms with Crippen LogP contribution in [-0.2, 0) is 6.54 Å². The van der Waals surface area contributed by atoms with E-state index in [4.69, 9.17) is 10.00 Å². The number of benzene rings is 1. The average molecular weight is 233 g/mol. The minimum atomic E-state index is -0.286. The third-order valence-electron chi connectivity index (χ3n) is 2.15. The molecular weight excluding hydrogens is 218 g/mol. The Morgan fingerprint density at radius 3 is 2.88 bits per heavy atom. The Kier molecular flexibility index (Phi) is 5.38. The quantitative estimate of drug-likeness (QED) is 0.755. The van der Waals surface area contributed by atoms with Gasteiger partial charge in [-0.3, -0.25) is 0 Å². The summed E-state index contributed by atoms with van der Waals surface area (Å²) in [4.78, 5) is 11.3. The number of methoxy groups -OCH3 is 1. The average Bonchev–Trinajstić information content (AvgIpc) is 2.37. The van der Waals surface area contributed by atoms with Crippen molar-refractivity contribution in [2.45, 2.75) is 13.0 Å². The van der Waals surface area contributed by atoms with E-state index >= 15 is 0 Å². The van der Waals surface area contributed by atoms with Crippen LogP contribution in [0.15, 0.2) is 24.3 Å². The molecule has 0 fully saturated rings. The van der Waals surface area contributed by atoms with Gasteiger partial charge in [0.25, 0.3) is 0 Å². The molecule has 17 heavy (non-hydrogen) atoms. The number of para-hydroxylation sites is 1. The van der Waals surface area contributed by atoms with Crippen LogP contribution >= 0.6 is 0 Å². The number of hydrogen-bond donors (Lipinski definition) is 2. The molecule has 0 aromatic heterocycles. The first-order valence-corrected chi connectivity index (χ1v) is 5.28. The summed E-state index contributed by atoms with van der Waals surface area (Å²) in [7, 11) is 1.59. The first-order valence-electron chi connectivity index (χ1n) is 5.28. The molecule has 5 nitrogen and oxygen atoms in total. The van der Waals surface area contributed by atoms with Gasteiger partial charge in [-0.2, -0.15) is 5.26 Å². The van der Waals surface area contributed by atoms with Crippen molar-refractivity contribution in [3.8, 4) is 11.8 Å². The molecule has 0 unspecified atom stereocenters. The molecule has 2 N–H and O–H groups in total. The SMILES string of the molecule is COc1ccccc1CNC(=O)NCCC#N. The second-order valence-corrected chi connectivity index (χ2v) is 3.33. The van der Waals surface area contributed by atoms with Crippen LogP contribution in [0.3, 0.4) is 0 Å². The highest BCUT2D eigenvalue weighted by molar-refractivity contribution is 5.73. The molecule has 1 rings (SSSR count). The lowest BCUT2D eigenvalue weighted by Crippen LogP contribution is -2.35. The van der Waals surface area contributed by atoms with E-state index in [-0.39, 0.29) is 6.03 Å². The number of rotatable bonds is 5. The van der Waals surface area contributed by atoms with Gasteiger partial charge in [-0.25, -0.2) is 4.79 Å². The smallest absolute Gasteiger partial charge is 0.315 e. The first kappa shape index (κ1) is 12.8. The van der Waals surface area contributed by atoms with Crippen molar-refractivity contribution in [3.63, 3.8) is 0 Å². The molecule has 1 aromatic rings. The summed E-state index contributed by atoms with van der Waals surface area (Å²) in [6, 6.07) is 9.14. The number of carbonyl (C=O) groups excluding carboxylic acids is 1. The number of nitriles is 1. The van der Waals surface area contributed by atoms with Crippen LogP contribution in [0.2, 0.25) is 0 Å². The largest absolute Gasteiger partial charge is 0.496 e. The van der Waals surface area contributed by atoms with E-state index < -0.39 is 0 Å². The monoisotopic (exact) mass is 233 g/mol. The standard InChI is InChI=1S/C12H15N3O2/c1-17-11-6-3-2-5-10(11)9-15-12(16)14-8-4-7-13/h2-3,5-6H,4,8-9H2,1H3,(H2,14,15,16). The molecule has 0 aliphatic rings. The molecule has 90 valence electrons. The molecule has 0 aliphatic heterocycles. The highest BCUT2D eigenvalue weighted by Gasteiger charge is 2.03. The Hall–Kier alpha value is -2.22. The summed E-state index contributed by atoms with van der Waals surface area (Å²) in [6.45, 7) is 0.747. The summed E-state index contributed by atoms with van der Waals surface area (Å²) >= 11 is 0. The van der Waals surface area contributed by atoms with Gasteiger partial charge in [0, 0.05) is 18.7 Å². The second kappa shape index (κ2) is 7.12. The van der Waals surface area contributed by atoms with Gasteiger partial charge in [-0.1, -0.05) is 18.2 Å². The third-order valence-corrected chi connectivity index (χ3v) is 2.15. The fourth-order valence-corrected chi connectivity index (χ4v) is 1.32. The first-order chi connectivity index (χ1) is 8.27. The maximum Gasteiger partial charge on any atom is 0.315 e. The lowest BCUT2D eigenvalue weighted by atomic mass is 10.2. The fraction of sp³-hybridized carbons (Fsp3) is 0.333.